The van der Waals surface area contributed by atoms with Gasteiger partial charge >= 0.3 is 6.18 Å². The maximum Gasteiger partial charge on any atom is 0.416 e. The van der Waals surface area contributed by atoms with Crippen molar-refractivity contribution < 1.29 is 27.4 Å². The number of carbonyl (C=O) groups excluding carboxylic acids is 1. The highest BCUT2D eigenvalue weighted by Crippen LogP contribution is 2.34. The monoisotopic (exact) mass is 382 g/mol. The van der Waals surface area contributed by atoms with Gasteiger partial charge in [-0.05, 0) is 36.5 Å². The van der Waals surface area contributed by atoms with E-state index < -0.39 is 23.7 Å². The Labute approximate surface area is 150 Å². The van der Waals surface area contributed by atoms with Gasteiger partial charge in [0.1, 0.15) is 5.75 Å². The summed E-state index contributed by atoms with van der Waals surface area (Å²) in [6.07, 6.45) is -3.19. The predicted molar refractivity (Wildman–Crippen MR) is 88.6 cm³/mol. The number of nitrogens with two attached hydrogens (primary N) is 1. The van der Waals surface area contributed by atoms with E-state index >= 15 is 0 Å². The molecule has 1 aliphatic rings. The first-order valence-electron chi connectivity index (χ1n) is 7.68. The van der Waals surface area contributed by atoms with Crippen molar-refractivity contribution >= 4 is 18.3 Å². The van der Waals surface area contributed by atoms with E-state index in [2.05, 4.69) is 5.32 Å². The SMILES string of the molecule is COc1ccc(CNC(=O)C(N)C2CCOCC2)c(C(F)(F)F)c1.Cl. The molecule has 1 heterocycles. The highest BCUT2D eigenvalue weighted by atomic mass is 35.5. The van der Waals surface area contributed by atoms with Gasteiger partial charge in [-0.1, -0.05) is 6.07 Å². The molecule has 1 fully saturated rings. The fourth-order valence-corrected chi connectivity index (χ4v) is 2.69. The van der Waals surface area contributed by atoms with Crippen LogP contribution in [-0.2, 0) is 22.3 Å². The van der Waals surface area contributed by atoms with Crippen molar-refractivity contribution in [1.82, 2.24) is 5.32 Å². The Morgan fingerprint density at radius 2 is 2.04 bits per heavy atom. The van der Waals surface area contributed by atoms with Crippen LogP contribution in [0.5, 0.6) is 5.75 Å². The van der Waals surface area contributed by atoms with Crippen molar-refractivity contribution in [2.24, 2.45) is 11.7 Å². The zero-order valence-electron chi connectivity index (χ0n) is 13.8. The summed E-state index contributed by atoms with van der Waals surface area (Å²) in [6, 6.07) is 2.89. The number of alkyl halides is 3. The van der Waals surface area contributed by atoms with E-state index in [0.717, 1.165) is 6.07 Å². The van der Waals surface area contributed by atoms with Gasteiger partial charge in [0.25, 0.3) is 0 Å². The first-order chi connectivity index (χ1) is 11.3. The molecule has 9 heteroatoms. The summed E-state index contributed by atoms with van der Waals surface area (Å²) in [6.45, 7) is 0.847. The predicted octanol–water partition coefficient (Wildman–Crippen LogP) is 2.51. The van der Waals surface area contributed by atoms with Crippen LogP contribution in [0.4, 0.5) is 13.2 Å². The molecule has 0 spiro atoms. The molecule has 0 aliphatic carbocycles. The zero-order chi connectivity index (χ0) is 17.7. The average Bonchev–Trinajstić information content (AvgIpc) is 2.58. The lowest BCUT2D eigenvalue weighted by Crippen LogP contribution is -2.46. The Morgan fingerprint density at radius 1 is 1.40 bits per heavy atom. The number of ether oxygens (including phenoxy) is 2. The number of halogens is 4. The fraction of sp³-hybridized carbons (Fsp3) is 0.562. The molecule has 0 radical (unpaired) electrons. The van der Waals surface area contributed by atoms with E-state index in [1.54, 1.807) is 0 Å². The van der Waals surface area contributed by atoms with Crippen LogP contribution in [-0.4, -0.2) is 32.3 Å². The number of nitrogens with one attached hydrogen (secondary N) is 1. The van der Waals surface area contributed by atoms with Crippen LogP contribution in [0.15, 0.2) is 18.2 Å². The number of amides is 1. The number of benzene rings is 1. The van der Waals surface area contributed by atoms with Gasteiger partial charge in [-0.25, -0.2) is 0 Å². The van der Waals surface area contributed by atoms with Gasteiger partial charge in [0.05, 0.1) is 18.7 Å². The highest BCUT2D eigenvalue weighted by molar-refractivity contribution is 5.85. The second kappa shape index (κ2) is 9.26. The standard InChI is InChI=1S/C16H21F3N2O3.ClH/c1-23-12-3-2-11(13(8-12)16(17,18)19)9-21-15(22)14(20)10-4-6-24-7-5-10;/h2-3,8,10,14H,4-7,9,20H2,1H3,(H,21,22);1H. The molecule has 5 nitrogen and oxygen atoms in total. The van der Waals surface area contributed by atoms with Crippen LogP contribution >= 0.6 is 12.4 Å². The van der Waals surface area contributed by atoms with Crippen molar-refractivity contribution in [3.8, 4) is 5.75 Å². The Morgan fingerprint density at radius 3 is 2.60 bits per heavy atom. The fourth-order valence-electron chi connectivity index (χ4n) is 2.69. The molecule has 2 rings (SSSR count). The minimum absolute atomic E-state index is 0. The molecule has 1 aromatic carbocycles. The van der Waals surface area contributed by atoms with Crippen molar-refractivity contribution in [2.45, 2.75) is 31.6 Å². The van der Waals surface area contributed by atoms with Crippen LogP contribution in [0.25, 0.3) is 0 Å². The van der Waals surface area contributed by atoms with Gasteiger partial charge in [-0.15, -0.1) is 12.4 Å². The molecule has 1 amide bonds. The summed E-state index contributed by atoms with van der Waals surface area (Å²) >= 11 is 0. The minimum atomic E-state index is -4.53. The molecular weight excluding hydrogens is 361 g/mol. The Kier molecular flexibility index (Phi) is 7.98. The molecule has 142 valence electrons. The van der Waals surface area contributed by atoms with Crippen LogP contribution in [0.2, 0.25) is 0 Å². The summed E-state index contributed by atoms with van der Waals surface area (Å²) in [5.41, 5.74) is 5.05. The Balaban J connectivity index is 0.00000312. The third-order valence-electron chi connectivity index (χ3n) is 4.15. The first-order valence-corrected chi connectivity index (χ1v) is 7.68. The molecule has 0 bridgehead atoms. The smallest absolute Gasteiger partial charge is 0.416 e. The molecule has 1 unspecified atom stereocenters. The van der Waals surface area contributed by atoms with E-state index in [0.29, 0.717) is 26.1 Å². The normalized spacial score (nSPS) is 16.7. The summed E-state index contributed by atoms with van der Waals surface area (Å²) in [7, 11) is 1.30. The van der Waals surface area contributed by atoms with Gasteiger partial charge in [-0.3, -0.25) is 4.79 Å². The van der Waals surface area contributed by atoms with Crippen molar-refractivity contribution in [2.75, 3.05) is 20.3 Å². The maximum atomic E-state index is 13.1. The van der Waals surface area contributed by atoms with E-state index in [-0.39, 0.29) is 36.2 Å². The third-order valence-corrected chi connectivity index (χ3v) is 4.15. The van der Waals surface area contributed by atoms with Crippen molar-refractivity contribution in [1.29, 1.82) is 0 Å². The summed E-state index contributed by atoms with van der Waals surface area (Å²) < 4.78 is 49.4. The second-order valence-corrected chi connectivity index (χ2v) is 5.71. The van der Waals surface area contributed by atoms with Crippen LogP contribution < -0.4 is 15.8 Å². The Bertz CT molecular complexity index is 578. The number of rotatable bonds is 5. The van der Waals surface area contributed by atoms with Crippen LogP contribution in [0.1, 0.15) is 24.0 Å². The molecule has 25 heavy (non-hydrogen) atoms. The van der Waals surface area contributed by atoms with Crippen LogP contribution in [0.3, 0.4) is 0 Å². The van der Waals surface area contributed by atoms with Gasteiger partial charge in [0.15, 0.2) is 0 Å². The van der Waals surface area contributed by atoms with Gasteiger partial charge in [0.2, 0.25) is 5.91 Å². The molecule has 1 saturated heterocycles. The highest BCUT2D eigenvalue weighted by Gasteiger charge is 2.34. The zero-order valence-corrected chi connectivity index (χ0v) is 14.6. The second-order valence-electron chi connectivity index (χ2n) is 5.71. The summed E-state index contributed by atoms with van der Waals surface area (Å²) in [4.78, 5) is 12.1. The first kappa shape index (κ1) is 21.5. The molecular formula is C16H22ClF3N2O3. The van der Waals surface area contributed by atoms with E-state index in [1.807, 2.05) is 0 Å². The quantitative estimate of drug-likeness (QED) is 0.820. The molecule has 1 atom stereocenters. The van der Waals surface area contributed by atoms with E-state index in [1.165, 1.54) is 19.2 Å². The molecule has 3 N–H and O–H groups in total. The lowest BCUT2D eigenvalue weighted by molar-refractivity contribution is -0.138. The molecule has 0 saturated carbocycles. The largest absolute Gasteiger partial charge is 0.497 e. The molecule has 1 aliphatic heterocycles. The van der Waals surface area contributed by atoms with Gasteiger partial charge < -0.3 is 20.5 Å². The number of methoxy groups -OCH3 is 1. The number of hydrogen-bond acceptors (Lipinski definition) is 4. The summed E-state index contributed by atoms with van der Waals surface area (Å²) in [5, 5.41) is 2.50. The van der Waals surface area contributed by atoms with Crippen molar-refractivity contribution in [3.63, 3.8) is 0 Å². The van der Waals surface area contributed by atoms with Crippen LogP contribution in [0, 0.1) is 5.92 Å². The summed E-state index contributed by atoms with van der Waals surface area (Å²) in [5.74, 6) is -0.362. The third kappa shape index (κ3) is 5.76. The van der Waals surface area contributed by atoms with E-state index in [9.17, 15) is 18.0 Å². The number of carbonyl (C=O) groups is 1. The van der Waals surface area contributed by atoms with E-state index in [4.69, 9.17) is 15.2 Å². The topological polar surface area (TPSA) is 73.6 Å². The van der Waals surface area contributed by atoms with Gasteiger partial charge in [-0.2, -0.15) is 13.2 Å². The van der Waals surface area contributed by atoms with Crippen molar-refractivity contribution in [3.05, 3.63) is 29.3 Å². The Hall–Kier alpha value is -1.51. The average molecular weight is 383 g/mol. The maximum absolute atomic E-state index is 13.1. The lowest BCUT2D eigenvalue weighted by Gasteiger charge is -2.27. The molecule has 0 aromatic heterocycles. The number of hydrogen-bond donors (Lipinski definition) is 2. The minimum Gasteiger partial charge on any atom is -0.497 e. The van der Waals surface area contributed by atoms with Gasteiger partial charge in [0, 0.05) is 19.8 Å². The lowest BCUT2D eigenvalue weighted by atomic mass is 9.92. The molecule has 1 aromatic rings.